The molecular weight excluding hydrogens is 434 g/mol. The van der Waals surface area contributed by atoms with Crippen LogP contribution in [0.3, 0.4) is 0 Å². The van der Waals surface area contributed by atoms with E-state index in [1.54, 1.807) is 49.6 Å². The highest BCUT2D eigenvalue weighted by atomic mass is 79.9. The van der Waals surface area contributed by atoms with E-state index in [-0.39, 0.29) is 11.0 Å². The minimum absolute atomic E-state index is 0.128. The quantitative estimate of drug-likeness (QED) is 0.441. The molecule has 2 aromatic rings. The van der Waals surface area contributed by atoms with Crippen LogP contribution in [-0.2, 0) is 4.74 Å². The number of nitrogens with two attached hydrogens (primary N) is 1. The van der Waals surface area contributed by atoms with Gasteiger partial charge in [0.15, 0.2) is 5.11 Å². The predicted molar refractivity (Wildman–Crippen MR) is 110 cm³/mol. The molecule has 142 valence electrons. The number of carbonyl (C=O) groups excluding carboxylic acids is 2. The summed E-state index contributed by atoms with van der Waals surface area (Å²) in [5, 5.41) is 5.58. The van der Waals surface area contributed by atoms with Gasteiger partial charge >= 0.3 is 0 Å². The highest BCUT2D eigenvalue weighted by Gasteiger charge is 2.11. The van der Waals surface area contributed by atoms with Gasteiger partial charge in [-0.1, -0.05) is 0 Å². The van der Waals surface area contributed by atoms with Crippen molar-refractivity contribution in [3.05, 3.63) is 58.1 Å². The smallest absolute Gasteiger partial charge is 0.257 e. The Morgan fingerprint density at radius 1 is 1.11 bits per heavy atom. The number of anilines is 1. The third-order valence-electron chi connectivity index (χ3n) is 3.39. The first-order valence-electron chi connectivity index (χ1n) is 7.84. The highest BCUT2D eigenvalue weighted by molar-refractivity contribution is 9.10. The summed E-state index contributed by atoms with van der Waals surface area (Å²) in [6.07, 6.45) is 0. The maximum Gasteiger partial charge on any atom is 0.257 e. The molecule has 0 aliphatic rings. The van der Waals surface area contributed by atoms with Crippen molar-refractivity contribution in [3.63, 3.8) is 0 Å². The Bertz CT molecular complexity index is 843. The molecule has 9 heteroatoms. The van der Waals surface area contributed by atoms with Crippen LogP contribution < -0.4 is 21.1 Å². The minimum Gasteiger partial charge on any atom is -0.490 e. The van der Waals surface area contributed by atoms with Crippen LogP contribution in [0.2, 0.25) is 0 Å². The Kier molecular flexibility index (Phi) is 7.71. The molecule has 0 heterocycles. The van der Waals surface area contributed by atoms with Crippen molar-refractivity contribution in [2.45, 2.75) is 0 Å². The monoisotopic (exact) mass is 451 g/mol. The molecule has 0 saturated heterocycles. The lowest BCUT2D eigenvalue weighted by molar-refractivity contribution is 0.0975. The van der Waals surface area contributed by atoms with Crippen molar-refractivity contribution in [3.8, 4) is 5.75 Å². The van der Waals surface area contributed by atoms with E-state index in [0.717, 1.165) is 0 Å². The summed E-state index contributed by atoms with van der Waals surface area (Å²) < 4.78 is 11.1. The van der Waals surface area contributed by atoms with Crippen LogP contribution in [0.1, 0.15) is 20.7 Å². The second kappa shape index (κ2) is 10.0. The summed E-state index contributed by atoms with van der Waals surface area (Å²) in [7, 11) is 1.59. The van der Waals surface area contributed by atoms with Crippen LogP contribution >= 0.6 is 28.1 Å². The van der Waals surface area contributed by atoms with E-state index in [1.807, 2.05) is 0 Å². The van der Waals surface area contributed by atoms with Gasteiger partial charge in [0.25, 0.3) is 5.91 Å². The summed E-state index contributed by atoms with van der Waals surface area (Å²) in [6, 6.07) is 11.4. The number of carbonyl (C=O) groups is 2. The average molecular weight is 452 g/mol. The molecule has 0 spiro atoms. The number of amides is 2. The maximum absolute atomic E-state index is 12.3. The molecule has 0 aliphatic heterocycles. The SMILES string of the molecule is COCCOc1ccc(C(=O)NC(=S)Nc2ccc(C(N)=O)cc2)cc1Br. The maximum atomic E-state index is 12.3. The zero-order valence-electron chi connectivity index (χ0n) is 14.5. The van der Waals surface area contributed by atoms with Gasteiger partial charge in [0, 0.05) is 23.9 Å². The van der Waals surface area contributed by atoms with E-state index in [1.165, 1.54) is 0 Å². The van der Waals surface area contributed by atoms with Crippen LogP contribution in [0.4, 0.5) is 5.69 Å². The van der Waals surface area contributed by atoms with E-state index in [9.17, 15) is 9.59 Å². The third-order valence-corrected chi connectivity index (χ3v) is 4.22. The van der Waals surface area contributed by atoms with Crippen LogP contribution in [0.25, 0.3) is 0 Å². The number of methoxy groups -OCH3 is 1. The molecule has 0 radical (unpaired) electrons. The van der Waals surface area contributed by atoms with Gasteiger partial charge < -0.3 is 20.5 Å². The number of hydrogen-bond acceptors (Lipinski definition) is 5. The Balaban J connectivity index is 1.94. The van der Waals surface area contributed by atoms with Gasteiger partial charge in [0.05, 0.1) is 11.1 Å². The van der Waals surface area contributed by atoms with E-state index in [2.05, 4.69) is 26.6 Å². The molecule has 0 bridgehead atoms. The zero-order valence-corrected chi connectivity index (χ0v) is 16.9. The fourth-order valence-electron chi connectivity index (χ4n) is 2.05. The number of ether oxygens (including phenoxy) is 2. The first kappa shape index (κ1) is 20.8. The molecule has 7 nitrogen and oxygen atoms in total. The standard InChI is InChI=1S/C18H18BrN3O4S/c1-25-8-9-26-15-7-4-12(10-14(15)19)17(24)22-18(27)21-13-5-2-11(3-6-13)16(20)23/h2-7,10H,8-9H2,1H3,(H2,20,23)(H2,21,22,24,27). The molecule has 0 aromatic heterocycles. The molecular formula is C18H18BrN3O4S. The van der Waals surface area contributed by atoms with Gasteiger partial charge in [-0.2, -0.15) is 0 Å². The van der Waals surface area contributed by atoms with Gasteiger partial charge in [-0.25, -0.2) is 0 Å². The highest BCUT2D eigenvalue weighted by Crippen LogP contribution is 2.26. The number of benzene rings is 2. The van der Waals surface area contributed by atoms with Crippen molar-refractivity contribution in [2.75, 3.05) is 25.6 Å². The summed E-state index contributed by atoms with van der Waals surface area (Å²) >= 11 is 8.51. The van der Waals surface area contributed by atoms with Crippen molar-refractivity contribution in [2.24, 2.45) is 5.73 Å². The normalized spacial score (nSPS) is 10.1. The van der Waals surface area contributed by atoms with Crippen molar-refractivity contribution in [1.82, 2.24) is 5.32 Å². The van der Waals surface area contributed by atoms with Crippen LogP contribution in [0.5, 0.6) is 5.75 Å². The molecule has 0 fully saturated rings. The summed E-state index contributed by atoms with van der Waals surface area (Å²) in [4.78, 5) is 23.4. The van der Waals surface area contributed by atoms with Gasteiger partial charge in [0.1, 0.15) is 12.4 Å². The predicted octanol–water partition coefficient (Wildman–Crippen LogP) is 2.70. The van der Waals surface area contributed by atoms with Crippen LogP contribution in [-0.4, -0.2) is 37.3 Å². The molecule has 0 atom stereocenters. The first-order valence-corrected chi connectivity index (χ1v) is 9.04. The summed E-state index contributed by atoms with van der Waals surface area (Å²) in [5.74, 6) is -0.276. The lowest BCUT2D eigenvalue weighted by Crippen LogP contribution is -2.34. The molecule has 2 aromatic carbocycles. The van der Waals surface area contributed by atoms with Gasteiger partial charge in [0.2, 0.25) is 5.91 Å². The second-order valence-corrected chi connectivity index (χ2v) is 6.60. The van der Waals surface area contributed by atoms with Crippen LogP contribution in [0.15, 0.2) is 46.9 Å². The third kappa shape index (κ3) is 6.31. The van der Waals surface area contributed by atoms with Gasteiger partial charge in [-0.05, 0) is 70.6 Å². The Hall–Kier alpha value is -2.49. The molecule has 0 aliphatic carbocycles. The number of hydrogen-bond donors (Lipinski definition) is 3. The average Bonchev–Trinajstić information content (AvgIpc) is 2.63. The summed E-state index contributed by atoms with van der Waals surface area (Å²) in [6.45, 7) is 0.873. The molecule has 0 saturated carbocycles. The minimum atomic E-state index is -0.516. The zero-order chi connectivity index (χ0) is 19.8. The van der Waals surface area contributed by atoms with Gasteiger partial charge in [-0.3, -0.25) is 14.9 Å². The molecule has 27 heavy (non-hydrogen) atoms. The fraction of sp³-hybridized carbons (Fsp3) is 0.167. The Labute approximate surface area is 170 Å². The van der Waals surface area contributed by atoms with E-state index < -0.39 is 5.91 Å². The van der Waals surface area contributed by atoms with Crippen molar-refractivity contribution < 1.29 is 19.1 Å². The van der Waals surface area contributed by atoms with Crippen molar-refractivity contribution in [1.29, 1.82) is 0 Å². The van der Waals surface area contributed by atoms with E-state index >= 15 is 0 Å². The number of thiocarbonyl (C=S) groups is 1. The molecule has 2 amide bonds. The number of nitrogens with one attached hydrogen (secondary N) is 2. The van der Waals surface area contributed by atoms with E-state index in [0.29, 0.717) is 40.3 Å². The van der Waals surface area contributed by atoms with Crippen LogP contribution in [0, 0.1) is 0 Å². The topological polar surface area (TPSA) is 103 Å². The molecule has 2 rings (SSSR count). The lowest BCUT2D eigenvalue weighted by atomic mass is 10.2. The first-order chi connectivity index (χ1) is 12.9. The number of primary amides is 1. The Morgan fingerprint density at radius 2 is 1.78 bits per heavy atom. The molecule has 4 N–H and O–H groups in total. The summed E-state index contributed by atoms with van der Waals surface area (Å²) in [5.41, 5.74) is 6.60. The molecule has 0 unspecified atom stereocenters. The van der Waals surface area contributed by atoms with Crippen molar-refractivity contribution >= 4 is 50.8 Å². The number of halogens is 1. The lowest BCUT2D eigenvalue weighted by Gasteiger charge is -2.11. The second-order valence-electron chi connectivity index (χ2n) is 5.34. The van der Waals surface area contributed by atoms with E-state index in [4.69, 9.17) is 27.4 Å². The number of rotatable bonds is 7. The Morgan fingerprint density at radius 3 is 2.37 bits per heavy atom. The fourth-order valence-corrected chi connectivity index (χ4v) is 2.75. The largest absolute Gasteiger partial charge is 0.490 e. The van der Waals surface area contributed by atoms with Gasteiger partial charge in [-0.15, -0.1) is 0 Å².